The van der Waals surface area contributed by atoms with E-state index in [-0.39, 0.29) is 12.3 Å². The average Bonchev–Trinajstić information content (AvgIpc) is 3.07. The summed E-state index contributed by atoms with van der Waals surface area (Å²) in [5.41, 5.74) is 5.00. The van der Waals surface area contributed by atoms with Crippen LogP contribution in [0, 0.1) is 20.8 Å². The molecule has 3 aromatic rings. The molecule has 0 saturated carbocycles. The van der Waals surface area contributed by atoms with Crippen LogP contribution in [0.2, 0.25) is 0 Å². The van der Waals surface area contributed by atoms with Crippen LogP contribution in [-0.2, 0) is 14.3 Å². The SMILES string of the molecule is CCOC(=O)c1ccc(N2C(=O)C(Nc3ccc(C)c(C)c3)=C(Sc3ccc(C)cc3)C2=O)cc1. The molecule has 3 aromatic carbocycles. The number of ether oxygens (including phenoxy) is 1. The Kier molecular flexibility index (Phi) is 7.07. The third kappa shape index (κ3) is 5.15. The first-order valence-corrected chi connectivity index (χ1v) is 12.1. The molecule has 1 heterocycles. The van der Waals surface area contributed by atoms with E-state index in [1.54, 1.807) is 31.2 Å². The monoisotopic (exact) mass is 486 g/mol. The van der Waals surface area contributed by atoms with Gasteiger partial charge in [0.1, 0.15) is 10.6 Å². The summed E-state index contributed by atoms with van der Waals surface area (Å²) in [4.78, 5) is 41.4. The van der Waals surface area contributed by atoms with E-state index >= 15 is 0 Å². The lowest BCUT2D eigenvalue weighted by Crippen LogP contribution is -2.32. The highest BCUT2D eigenvalue weighted by atomic mass is 32.2. The predicted octanol–water partition coefficient (Wildman–Crippen LogP) is 5.78. The number of carbonyl (C=O) groups is 3. The summed E-state index contributed by atoms with van der Waals surface area (Å²) in [7, 11) is 0. The van der Waals surface area contributed by atoms with Crippen LogP contribution in [0.25, 0.3) is 0 Å². The lowest BCUT2D eigenvalue weighted by Gasteiger charge is -2.16. The number of amides is 2. The highest BCUT2D eigenvalue weighted by Gasteiger charge is 2.40. The zero-order valence-corrected chi connectivity index (χ0v) is 20.9. The van der Waals surface area contributed by atoms with Crippen molar-refractivity contribution in [2.75, 3.05) is 16.8 Å². The van der Waals surface area contributed by atoms with Crippen molar-refractivity contribution < 1.29 is 19.1 Å². The molecule has 178 valence electrons. The predicted molar refractivity (Wildman–Crippen MR) is 138 cm³/mol. The average molecular weight is 487 g/mol. The van der Waals surface area contributed by atoms with Gasteiger partial charge in [0.05, 0.1) is 17.9 Å². The van der Waals surface area contributed by atoms with Crippen molar-refractivity contribution >= 4 is 40.9 Å². The molecule has 6 nitrogen and oxygen atoms in total. The summed E-state index contributed by atoms with van der Waals surface area (Å²) in [5, 5.41) is 3.19. The van der Waals surface area contributed by atoms with Gasteiger partial charge in [-0.05, 0) is 87.4 Å². The Morgan fingerprint density at radius 2 is 1.57 bits per heavy atom. The Labute approximate surface area is 209 Å². The number of hydrogen-bond acceptors (Lipinski definition) is 6. The fraction of sp³-hybridized carbons (Fsp3) is 0.179. The van der Waals surface area contributed by atoms with E-state index in [1.165, 1.54) is 11.8 Å². The van der Waals surface area contributed by atoms with E-state index in [2.05, 4.69) is 5.32 Å². The number of imide groups is 1. The van der Waals surface area contributed by atoms with E-state index in [4.69, 9.17) is 4.74 Å². The molecule has 0 atom stereocenters. The summed E-state index contributed by atoms with van der Waals surface area (Å²) >= 11 is 1.25. The number of nitrogens with one attached hydrogen (secondary N) is 1. The Balaban J connectivity index is 1.69. The number of esters is 1. The number of hydrogen-bond donors (Lipinski definition) is 1. The minimum atomic E-state index is -0.455. The molecule has 1 N–H and O–H groups in total. The topological polar surface area (TPSA) is 75.7 Å². The number of nitrogens with zero attached hydrogens (tertiary/aromatic N) is 1. The molecule has 0 aromatic heterocycles. The second-order valence-corrected chi connectivity index (χ2v) is 9.34. The van der Waals surface area contributed by atoms with Crippen molar-refractivity contribution in [3.05, 3.63) is 99.6 Å². The summed E-state index contributed by atoms with van der Waals surface area (Å²) in [5.74, 6) is -1.33. The van der Waals surface area contributed by atoms with Crippen LogP contribution in [0.5, 0.6) is 0 Å². The second-order valence-electron chi connectivity index (χ2n) is 8.26. The van der Waals surface area contributed by atoms with Gasteiger partial charge in [0.2, 0.25) is 0 Å². The van der Waals surface area contributed by atoms with Gasteiger partial charge < -0.3 is 10.1 Å². The first-order valence-electron chi connectivity index (χ1n) is 11.3. The van der Waals surface area contributed by atoms with E-state index in [9.17, 15) is 14.4 Å². The zero-order chi connectivity index (χ0) is 25.1. The van der Waals surface area contributed by atoms with E-state index in [0.717, 1.165) is 32.2 Å². The van der Waals surface area contributed by atoms with Crippen molar-refractivity contribution in [1.29, 1.82) is 0 Å². The molecule has 0 bridgehead atoms. The molecule has 0 radical (unpaired) electrons. The molecule has 4 rings (SSSR count). The summed E-state index contributed by atoms with van der Waals surface area (Å²) in [6.07, 6.45) is 0. The maximum absolute atomic E-state index is 13.5. The summed E-state index contributed by atoms with van der Waals surface area (Å²) in [6, 6.07) is 19.8. The lowest BCUT2D eigenvalue weighted by molar-refractivity contribution is -0.120. The molecule has 7 heteroatoms. The van der Waals surface area contributed by atoms with E-state index in [1.807, 2.05) is 63.2 Å². The molecule has 2 amide bonds. The Hall–Kier alpha value is -3.84. The van der Waals surface area contributed by atoms with Gasteiger partial charge in [-0.15, -0.1) is 0 Å². The van der Waals surface area contributed by atoms with Gasteiger partial charge in [-0.25, -0.2) is 9.69 Å². The van der Waals surface area contributed by atoms with Gasteiger partial charge >= 0.3 is 5.97 Å². The van der Waals surface area contributed by atoms with Crippen molar-refractivity contribution in [1.82, 2.24) is 0 Å². The van der Waals surface area contributed by atoms with Gasteiger partial charge in [0, 0.05) is 10.6 Å². The van der Waals surface area contributed by atoms with Gasteiger partial charge in [-0.2, -0.15) is 0 Å². The van der Waals surface area contributed by atoms with Crippen molar-refractivity contribution in [3.63, 3.8) is 0 Å². The van der Waals surface area contributed by atoms with Crippen LogP contribution in [0.1, 0.15) is 34.0 Å². The molecular weight excluding hydrogens is 460 g/mol. The quantitative estimate of drug-likeness (QED) is 0.337. The van der Waals surface area contributed by atoms with Crippen molar-refractivity contribution in [2.24, 2.45) is 0 Å². The summed E-state index contributed by atoms with van der Waals surface area (Å²) in [6.45, 7) is 8.00. The highest BCUT2D eigenvalue weighted by molar-refractivity contribution is 8.04. The lowest BCUT2D eigenvalue weighted by atomic mass is 10.1. The van der Waals surface area contributed by atoms with Crippen LogP contribution in [0.15, 0.2) is 82.2 Å². The molecule has 0 fully saturated rings. The van der Waals surface area contributed by atoms with Crippen LogP contribution < -0.4 is 10.2 Å². The van der Waals surface area contributed by atoms with Gasteiger partial charge in [-0.3, -0.25) is 9.59 Å². The van der Waals surface area contributed by atoms with Crippen LogP contribution in [0.3, 0.4) is 0 Å². The highest BCUT2D eigenvalue weighted by Crippen LogP contribution is 2.38. The fourth-order valence-corrected chi connectivity index (χ4v) is 4.52. The third-order valence-corrected chi connectivity index (χ3v) is 6.79. The third-order valence-electron chi connectivity index (χ3n) is 5.70. The maximum Gasteiger partial charge on any atom is 0.338 e. The zero-order valence-electron chi connectivity index (χ0n) is 20.0. The van der Waals surface area contributed by atoms with Gasteiger partial charge in [-0.1, -0.05) is 35.5 Å². The largest absolute Gasteiger partial charge is 0.462 e. The normalized spacial score (nSPS) is 13.4. The molecule has 0 unspecified atom stereocenters. The first-order chi connectivity index (χ1) is 16.8. The number of rotatable bonds is 7. The van der Waals surface area contributed by atoms with E-state index in [0.29, 0.717) is 16.2 Å². The van der Waals surface area contributed by atoms with Crippen LogP contribution in [-0.4, -0.2) is 24.4 Å². The van der Waals surface area contributed by atoms with Gasteiger partial charge in [0.15, 0.2) is 0 Å². The number of benzene rings is 3. The number of thioether (sulfide) groups is 1. The number of anilines is 2. The molecule has 1 aliphatic heterocycles. The van der Waals surface area contributed by atoms with Crippen molar-refractivity contribution in [2.45, 2.75) is 32.6 Å². The van der Waals surface area contributed by atoms with Gasteiger partial charge in [0.25, 0.3) is 11.8 Å². The number of aryl methyl sites for hydroxylation is 3. The minimum Gasteiger partial charge on any atom is -0.462 e. The maximum atomic E-state index is 13.5. The molecule has 35 heavy (non-hydrogen) atoms. The molecular formula is C28H26N2O4S. The Morgan fingerprint density at radius 1 is 0.886 bits per heavy atom. The fourth-order valence-electron chi connectivity index (χ4n) is 3.60. The molecule has 0 saturated heterocycles. The molecule has 0 aliphatic carbocycles. The number of carbonyl (C=O) groups excluding carboxylic acids is 3. The molecule has 0 spiro atoms. The van der Waals surface area contributed by atoms with Crippen LogP contribution >= 0.6 is 11.8 Å². The second kappa shape index (κ2) is 10.2. The summed E-state index contributed by atoms with van der Waals surface area (Å²) < 4.78 is 5.02. The standard InChI is InChI=1S/C28H26N2O4S/c1-5-34-28(33)20-9-12-22(13-10-20)30-26(31)24(29-21-11-8-18(3)19(4)16-21)25(27(30)32)35-23-14-6-17(2)7-15-23/h6-16,29H,5H2,1-4H3. The smallest absolute Gasteiger partial charge is 0.338 e. The molecule has 1 aliphatic rings. The van der Waals surface area contributed by atoms with Crippen molar-refractivity contribution in [3.8, 4) is 0 Å². The van der Waals surface area contributed by atoms with Crippen LogP contribution in [0.4, 0.5) is 11.4 Å². The Morgan fingerprint density at radius 3 is 2.20 bits per heavy atom. The van der Waals surface area contributed by atoms with E-state index < -0.39 is 17.8 Å². The first kappa shape index (κ1) is 24.3. The minimum absolute atomic E-state index is 0.221. The Bertz CT molecular complexity index is 1330.